The molecule has 0 saturated heterocycles. The molecule has 1 unspecified atom stereocenters. The smallest absolute Gasteiger partial charge is 0.308 e. The van der Waals surface area contributed by atoms with Crippen molar-refractivity contribution in [2.45, 2.75) is 163 Å². The Bertz CT molecular complexity index is 364. The van der Waals surface area contributed by atoms with Gasteiger partial charge in [0.2, 0.25) is 0 Å². The number of ether oxygens (including phenoxy) is 1. The lowest BCUT2D eigenvalue weighted by molar-refractivity contribution is -0.149. The Morgan fingerprint density at radius 2 is 0.935 bits per heavy atom. The topological polar surface area (TPSA) is 26.3 Å². The molecule has 0 fully saturated rings. The number of hydrogen-bond donors (Lipinski definition) is 0. The minimum Gasteiger partial charge on any atom is -0.465 e. The highest BCUT2D eigenvalue weighted by Crippen LogP contribution is 2.21. The van der Waals surface area contributed by atoms with Crippen molar-refractivity contribution in [2.75, 3.05) is 6.61 Å². The van der Waals surface area contributed by atoms with E-state index in [9.17, 15) is 4.79 Å². The highest BCUT2D eigenvalue weighted by molar-refractivity contribution is 5.72. The fourth-order valence-electron chi connectivity index (χ4n) is 4.37. The number of rotatable bonds is 24. The van der Waals surface area contributed by atoms with Crippen molar-refractivity contribution in [2.24, 2.45) is 11.8 Å². The van der Waals surface area contributed by atoms with Gasteiger partial charge in [0.15, 0.2) is 0 Å². The number of unbranched alkanes of at least 4 members (excludes halogenated alkanes) is 15. The molecule has 31 heavy (non-hydrogen) atoms. The second kappa shape index (κ2) is 24.1. The number of esters is 1. The number of carbonyl (C=O) groups excluding carboxylic acids is 1. The standard InChI is InChI=1S/C29H58O2/c1-5-7-9-11-17-21-25-28(24-20-10-8-6-2)29(30)31-26-22-18-15-13-12-14-16-19-23-27(3)4/h27-28H,5-26H2,1-4H3. The van der Waals surface area contributed by atoms with Crippen molar-refractivity contribution < 1.29 is 9.53 Å². The van der Waals surface area contributed by atoms with Gasteiger partial charge in [-0.1, -0.05) is 143 Å². The quantitative estimate of drug-likeness (QED) is 0.111. The molecule has 0 bridgehead atoms. The van der Waals surface area contributed by atoms with Crippen molar-refractivity contribution >= 4 is 5.97 Å². The maximum Gasteiger partial charge on any atom is 0.308 e. The third-order valence-corrected chi connectivity index (χ3v) is 6.57. The molecule has 0 amide bonds. The highest BCUT2D eigenvalue weighted by atomic mass is 16.5. The maximum absolute atomic E-state index is 12.6. The third-order valence-electron chi connectivity index (χ3n) is 6.57. The Morgan fingerprint density at radius 3 is 1.42 bits per heavy atom. The van der Waals surface area contributed by atoms with E-state index in [1.54, 1.807) is 0 Å². The molecule has 186 valence electrons. The van der Waals surface area contributed by atoms with Crippen LogP contribution in [0.4, 0.5) is 0 Å². The van der Waals surface area contributed by atoms with Crippen molar-refractivity contribution in [3.05, 3.63) is 0 Å². The second-order valence-electron chi connectivity index (χ2n) is 10.3. The Morgan fingerprint density at radius 1 is 0.548 bits per heavy atom. The lowest BCUT2D eigenvalue weighted by Gasteiger charge is -2.16. The van der Waals surface area contributed by atoms with E-state index in [1.165, 1.54) is 116 Å². The first-order valence-electron chi connectivity index (χ1n) is 14.3. The summed E-state index contributed by atoms with van der Waals surface area (Å²) >= 11 is 0. The van der Waals surface area contributed by atoms with Crippen LogP contribution < -0.4 is 0 Å². The number of carbonyl (C=O) groups is 1. The summed E-state index contributed by atoms with van der Waals surface area (Å²) in [5.74, 6) is 1.09. The van der Waals surface area contributed by atoms with Crippen molar-refractivity contribution in [3.63, 3.8) is 0 Å². The van der Waals surface area contributed by atoms with Gasteiger partial charge in [-0.25, -0.2) is 0 Å². The summed E-state index contributed by atoms with van der Waals surface area (Å²) in [6.07, 6.45) is 26.6. The normalized spacial score (nSPS) is 12.4. The lowest BCUT2D eigenvalue weighted by Crippen LogP contribution is -2.18. The van der Waals surface area contributed by atoms with E-state index in [0.29, 0.717) is 6.61 Å². The molecule has 0 aliphatic carbocycles. The summed E-state index contributed by atoms with van der Waals surface area (Å²) in [5.41, 5.74) is 0. The zero-order valence-electron chi connectivity index (χ0n) is 22.0. The fourth-order valence-corrected chi connectivity index (χ4v) is 4.37. The van der Waals surface area contributed by atoms with E-state index in [2.05, 4.69) is 27.7 Å². The number of hydrogen-bond acceptors (Lipinski definition) is 2. The third kappa shape index (κ3) is 22.5. The van der Waals surface area contributed by atoms with Gasteiger partial charge in [-0.15, -0.1) is 0 Å². The van der Waals surface area contributed by atoms with Gasteiger partial charge >= 0.3 is 5.97 Å². The van der Waals surface area contributed by atoms with Gasteiger partial charge in [-0.3, -0.25) is 4.79 Å². The molecular weight excluding hydrogens is 380 g/mol. The molecule has 0 aromatic carbocycles. The summed E-state index contributed by atoms with van der Waals surface area (Å²) in [4.78, 5) is 12.6. The molecule has 0 aliphatic heterocycles. The molecule has 0 N–H and O–H groups in total. The van der Waals surface area contributed by atoms with Gasteiger partial charge in [0.1, 0.15) is 0 Å². The van der Waals surface area contributed by atoms with Gasteiger partial charge in [0.05, 0.1) is 12.5 Å². The van der Waals surface area contributed by atoms with E-state index in [1.807, 2.05) is 0 Å². The molecule has 2 nitrogen and oxygen atoms in total. The monoisotopic (exact) mass is 438 g/mol. The zero-order chi connectivity index (χ0) is 23.0. The fraction of sp³-hybridized carbons (Fsp3) is 0.966. The predicted octanol–water partition coefficient (Wildman–Crippen LogP) is 10.0. The van der Waals surface area contributed by atoms with Crippen LogP contribution in [0.2, 0.25) is 0 Å². The zero-order valence-corrected chi connectivity index (χ0v) is 22.0. The Kier molecular flexibility index (Phi) is 23.7. The van der Waals surface area contributed by atoms with Crippen LogP contribution in [-0.2, 0) is 9.53 Å². The van der Waals surface area contributed by atoms with Crippen molar-refractivity contribution in [3.8, 4) is 0 Å². The van der Waals surface area contributed by atoms with Crippen LogP contribution in [0, 0.1) is 11.8 Å². The Labute approximate surface area is 196 Å². The minimum absolute atomic E-state index is 0.0928. The molecule has 0 radical (unpaired) electrons. The van der Waals surface area contributed by atoms with Gasteiger partial charge in [0, 0.05) is 0 Å². The average Bonchev–Trinajstić information content (AvgIpc) is 2.75. The molecule has 0 spiro atoms. The van der Waals surface area contributed by atoms with Crippen molar-refractivity contribution in [1.82, 2.24) is 0 Å². The highest BCUT2D eigenvalue weighted by Gasteiger charge is 2.19. The molecule has 1 atom stereocenters. The van der Waals surface area contributed by atoms with E-state index < -0.39 is 0 Å². The van der Waals surface area contributed by atoms with Gasteiger partial charge in [-0.05, 0) is 25.2 Å². The summed E-state index contributed by atoms with van der Waals surface area (Å²) in [6.45, 7) is 9.77. The minimum atomic E-state index is 0.0928. The molecule has 0 aromatic heterocycles. The average molecular weight is 439 g/mol. The molecular formula is C29H58O2. The van der Waals surface area contributed by atoms with E-state index in [-0.39, 0.29) is 11.9 Å². The Balaban J connectivity index is 3.83. The Hall–Kier alpha value is -0.530. The first kappa shape index (κ1) is 30.5. The molecule has 0 aromatic rings. The van der Waals surface area contributed by atoms with Gasteiger partial charge in [0.25, 0.3) is 0 Å². The molecule has 0 rings (SSSR count). The van der Waals surface area contributed by atoms with E-state index in [0.717, 1.165) is 25.2 Å². The molecule has 0 heterocycles. The first-order chi connectivity index (χ1) is 15.1. The van der Waals surface area contributed by atoms with Crippen LogP contribution in [0.3, 0.4) is 0 Å². The lowest BCUT2D eigenvalue weighted by atomic mass is 9.94. The van der Waals surface area contributed by atoms with Crippen LogP contribution in [0.5, 0.6) is 0 Å². The molecule has 0 saturated carbocycles. The summed E-state index contributed by atoms with van der Waals surface area (Å²) in [7, 11) is 0. The summed E-state index contributed by atoms with van der Waals surface area (Å²) < 4.78 is 5.70. The molecule has 0 aliphatic rings. The SMILES string of the molecule is CCCCCCCCC(CCCCCC)C(=O)OCCCCCCCCCCC(C)C. The van der Waals surface area contributed by atoms with Crippen LogP contribution in [0.25, 0.3) is 0 Å². The first-order valence-corrected chi connectivity index (χ1v) is 14.3. The van der Waals surface area contributed by atoms with Gasteiger partial charge in [-0.2, -0.15) is 0 Å². The van der Waals surface area contributed by atoms with Crippen LogP contribution in [-0.4, -0.2) is 12.6 Å². The second-order valence-corrected chi connectivity index (χ2v) is 10.3. The maximum atomic E-state index is 12.6. The van der Waals surface area contributed by atoms with Gasteiger partial charge < -0.3 is 4.74 Å². The van der Waals surface area contributed by atoms with Crippen molar-refractivity contribution in [1.29, 1.82) is 0 Å². The van der Waals surface area contributed by atoms with Crippen LogP contribution in [0.1, 0.15) is 163 Å². The molecule has 2 heteroatoms. The van der Waals surface area contributed by atoms with Crippen LogP contribution >= 0.6 is 0 Å². The summed E-state index contributed by atoms with van der Waals surface area (Å²) in [5, 5.41) is 0. The van der Waals surface area contributed by atoms with E-state index >= 15 is 0 Å². The summed E-state index contributed by atoms with van der Waals surface area (Å²) in [6, 6.07) is 0. The van der Waals surface area contributed by atoms with Crippen LogP contribution in [0.15, 0.2) is 0 Å². The van der Waals surface area contributed by atoms with E-state index in [4.69, 9.17) is 4.74 Å². The largest absolute Gasteiger partial charge is 0.465 e. The predicted molar refractivity (Wildman–Crippen MR) is 138 cm³/mol.